The minimum absolute atomic E-state index is 0.374. The Bertz CT molecular complexity index is 1880. The molecular formula is C44H46N4O6S3. The van der Waals surface area contributed by atoms with Gasteiger partial charge in [0.05, 0.1) is 21.0 Å². The Kier molecular flexibility index (Phi) is 16.6. The van der Waals surface area contributed by atoms with E-state index < -0.39 is 32.0 Å². The Morgan fingerprint density at radius 2 is 0.614 bits per heavy atom. The largest absolute Gasteiger partial charge is 0.759 e. The highest BCUT2D eigenvalue weighted by Crippen LogP contribution is 2.49. The van der Waals surface area contributed by atoms with E-state index in [0.717, 1.165) is 0 Å². The summed E-state index contributed by atoms with van der Waals surface area (Å²) in [5.41, 5.74) is 25.8. The van der Waals surface area contributed by atoms with Gasteiger partial charge in [0.25, 0.3) is 11.8 Å². The van der Waals surface area contributed by atoms with Crippen LogP contribution in [0.15, 0.2) is 182 Å². The highest BCUT2D eigenvalue weighted by Gasteiger charge is 2.39. The zero-order chi connectivity index (χ0) is 41.3. The van der Waals surface area contributed by atoms with Gasteiger partial charge in [-0.3, -0.25) is 18.0 Å². The molecule has 0 aliphatic carbocycles. The van der Waals surface area contributed by atoms with Crippen molar-refractivity contribution in [3.8, 4) is 0 Å². The Labute approximate surface area is 342 Å². The van der Waals surface area contributed by atoms with Crippen molar-refractivity contribution in [2.75, 3.05) is 11.5 Å². The van der Waals surface area contributed by atoms with Crippen LogP contribution >= 0.6 is 23.5 Å². The molecule has 0 spiro atoms. The lowest BCUT2D eigenvalue weighted by Gasteiger charge is -2.35. The van der Waals surface area contributed by atoms with E-state index in [-0.39, 0.29) is 11.8 Å². The number of quaternary nitrogens is 2. The zero-order valence-corrected chi connectivity index (χ0v) is 33.6. The van der Waals surface area contributed by atoms with Crippen molar-refractivity contribution >= 4 is 45.7 Å². The minimum atomic E-state index is -5.17. The molecule has 0 fully saturated rings. The molecule has 6 rings (SSSR count). The summed E-state index contributed by atoms with van der Waals surface area (Å²) in [6.45, 7) is 0. The van der Waals surface area contributed by atoms with Gasteiger partial charge in [0.15, 0.2) is 12.1 Å². The molecule has 57 heavy (non-hydrogen) atoms. The first-order valence-electron chi connectivity index (χ1n) is 17.8. The molecule has 0 aromatic heterocycles. The smallest absolute Gasteiger partial charge is 0.276 e. The number of thioether (sulfide) groups is 2. The first-order valence-corrected chi connectivity index (χ1v) is 21.1. The second kappa shape index (κ2) is 21.3. The number of primary amides is 2. The van der Waals surface area contributed by atoms with Crippen molar-refractivity contribution in [1.29, 1.82) is 0 Å². The van der Waals surface area contributed by atoms with Gasteiger partial charge in [-0.25, -0.2) is 0 Å². The molecule has 6 aromatic carbocycles. The fraction of sp³-hybridized carbons (Fsp3) is 0.136. The molecule has 10 N–H and O–H groups in total. The first kappa shape index (κ1) is 44.5. The van der Waals surface area contributed by atoms with E-state index in [1.807, 2.05) is 109 Å². The zero-order valence-electron chi connectivity index (χ0n) is 31.1. The van der Waals surface area contributed by atoms with Crippen LogP contribution in [0.5, 0.6) is 0 Å². The van der Waals surface area contributed by atoms with Crippen molar-refractivity contribution in [2.45, 2.75) is 21.6 Å². The van der Waals surface area contributed by atoms with E-state index in [1.165, 1.54) is 33.4 Å². The molecule has 0 saturated heterocycles. The van der Waals surface area contributed by atoms with Crippen LogP contribution in [0, 0.1) is 0 Å². The van der Waals surface area contributed by atoms with Crippen molar-refractivity contribution < 1.29 is 38.6 Å². The van der Waals surface area contributed by atoms with E-state index in [4.69, 9.17) is 29.0 Å². The lowest BCUT2D eigenvalue weighted by atomic mass is 9.84. The van der Waals surface area contributed by atoms with Gasteiger partial charge < -0.3 is 32.0 Å². The molecule has 0 aliphatic heterocycles. The normalized spacial score (nSPS) is 12.4. The maximum Gasteiger partial charge on any atom is 0.276 e. The number of hydrogen-bond donors (Lipinski definition) is 4. The molecule has 0 aliphatic rings. The fourth-order valence-electron chi connectivity index (χ4n) is 6.15. The van der Waals surface area contributed by atoms with Gasteiger partial charge in [-0.15, -0.1) is 23.5 Å². The maximum atomic E-state index is 11.6. The molecule has 2 amide bonds. The fourth-order valence-corrected chi connectivity index (χ4v) is 9.20. The summed E-state index contributed by atoms with van der Waals surface area (Å²) in [6.07, 6.45) is 0. The average Bonchev–Trinajstić information content (AvgIpc) is 3.23. The van der Waals surface area contributed by atoms with Crippen LogP contribution in [0.25, 0.3) is 0 Å². The Morgan fingerprint density at radius 1 is 0.456 bits per heavy atom. The maximum absolute atomic E-state index is 11.6. The highest BCUT2D eigenvalue weighted by molar-refractivity contribution is 8.01. The van der Waals surface area contributed by atoms with Crippen LogP contribution in [-0.4, -0.2) is 52.9 Å². The number of benzene rings is 6. The van der Waals surface area contributed by atoms with Crippen molar-refractivity contribution in [2.24, 2.45) is 11.5 Å². The van der Waals surface area contributed by atoms with Crippen LogP contribution < -0.4 is 22.9 Å². The molecule has 13 heteroatoms. The van der Waals surface area contributed by atoms with Gasteiger partial charge in [-0.05, 0) is 33.4 Å². The van der Waals surface area contributed by atoms with Gasteiger partial charge in [0.1, 0.15) is 0 Å². The summed E-state index contributed by atoms with van der Waals surface area (Å²) in [5, 5.41) is 0. The third-order valence-corrected chi connectivity index (χ3v) is 12.3. The topological polar surface area (TPSA) is 222 Å². The average molecular weight is 823 g/mol. The van der Waals surface area contributed by atoms with Crippen molar-refractivity contribution in [3.05, 3.63) is 215 Å². The number of nitrogens with two attached hydrogens (primary N) is 2. The minimum Gasteiger partial charge on any atom is -0.759 e. The number of amides is 2. The third-order valence-electron chi connectivity index (χ3n) is 8.89. The summed E-state index contributed by atoms with van der Waals surface area (Å²) >= 11 is 3.40. The Balaban J connectivity index is 0.000000226. The highest BCUT2D eigenvalue weighted by atomic mass is 32.3. The van der Waals surface area contributed by atoms with E-state index >= 15 is 0 Å². The second-order valence-corrected chi connectivity index (χ2v) is 16.1. The SMILES string of the molecule is NC(=O)[C@@H]([NH3+])CSC(c1ccccc1)(c1ccccc1)c1ccccc1.NC(=O)[C@@H]([NH3+])CSC(c1ccccc1)(c1ccccc1)c1ccccc1.O=S(=O)([O-])[O-]. The molecule has 0 bridgehead atoms. The van der Waals surface area contributed by atoms with Crippen LogP contribution in [0.2, 0.25) is 0 Å². The molecule has 0 unspecified atom stereocenters. The predicted octanol–water partition coefficient (Wildman–Crippen LogP) is 4.28. The first-order chi connectivity index (χ1) is 27.3. The summed E-state index contributed by atoms with van der Waals surface area (Å²) in [4.78, 5) is 23.1. The molecule has 0 heterocycles. The summed E-state index contributed by atoms with van der Waals surface area (Å²) in [6, 6.07) is 61.4. The lowest BCUT2D eigenvalue weighted by Crippen LogP contribution is -2.68. The lowest BCUT2D eigenvalue weighted by molar-refractivity contribution is -0.396. The molecule has 296 valence electrons. The standard InChI is InChI=1S/2C22H22N2OS.H2O4S/c2*23-20(21(24)25)16-26-22(17-10-4-1-5-11-17,18-12-6-2-7-13-18)19-14-8-3-9-15-19;1-5(2,3)4/h2*1-15,20H,16,23H2,(H2,24,25);(H2,1,2,3,4)/t2*20-;/m00./s1. The van der Waals surface area contributed by atoms with E-state index in [9.17, 15) is 9.59 Å². The van der Waals surface area contributed by atoms with Gasteiger partial charge in [-0.2, -0.15) is 0 Å². The Morgan fingerprint density at radius 3 is 0.754 bits per heavy atom. The quantitative estimate of drug-likeness (QED) is 0.0704. The van der Waals surface area contributed by atoms with Crippen molar-refractivity contribution in [3.63, 3.8) is 0 Å². The van der Waals surface area contributed by atoms with Crippen LogP contribution in [0.3, 0.4) is 0 Å². The van der Waals surface area contributed by atoms with E-state index in [0.29, 0.717) is 11.5 Å². The molecule has 10 nitrogen and oxygen atoms in total. The summed E-state index contributed by atoms with van der Waals surface area (Å²) in [5.74, 6) is 0.323. The predicted molar refractivity (Wildman–Crippen MR) is 226 cm³/mol. The van der Waals surface area contributed by atoms with Gasteiger partial charge in [-0.1, -0.05) is 182 Å². The number of hydrogen-bond acceptors (Lipinski definition) is 8. The number of carbonyl (C=O) groups is 2. The van der Waals surface area contributed by atoms with Crippen LogP contribution in [0.1, 0.15) is 33.4 Å². The number of rotatable bonds is 14. The van der Waals surface area contributed by atoms with Crippen LogP contribution in [0.4, 0.5) is 0 Å². The van der Waals surface area contributed by atoms with Crippen LogP contribution in [-0.2, 0) is 29.5 Å². The van der Waals surface area contributed by atoms with Gasteiger partial charge >= 0.3 is 0 Å². The summed E-state index contributed by atoms with van der Waals surface area (Å²) < 4.78 is 33.2. The molecule has 0 saturated carbocycles. The van der Waals surface area contributed by atoms with E-state index in [1.54, 1.807) is 23.5 Å². The van der Waals surface area contributed by atoms with Crippen molar-refractivity contribution in [1.82, 2.24) is 0 Å². The number of carbonyl (C=O) groups excluding carboxylic acids is 2. The Hall–Kier alpha value is -5.25. The summed E-state index contributed by atoms with van der Waals surface area (Å²) in [7, 11) is -5.17. The monoisotopic (exact) mass is 822 g/mol. The molecule has 0 radical (unpaired) electrons. The van der Waals surface area contributed by atoms with Gasteiger partial charge in [0, 0.05) is 10.4 Å². The van der Waals surface area contributed by atoms with Gasteiger partial charge in [0.2, 0.25) is 0 Å². The molecule has 2 atom stereocenters. The third kappa shape index (κ3) is 12.4. The molecular weight excluding hydrogens is 777 g/mol. The molecule has 6 aromatic rings. The second-order valence-electron chi connectivity index (χ2n) is 12.8. The van der Waals surface area contributed by atoms with E-state index in [2.05, 4.69) is 84.3 Å².